The Morgan fingerprint density at radius 3 is 2.07 bits per heavy atom. The van der Waals surface area contributed by atoms with Gasteiger partial charge in [0.15, 0.2) is 11.6 Å². The van der Waals surface area contributed by atoms with Crippen molar-refractivity contribution in [1.29, 1.82) is 0 Å². The first kappa shape index (κ1) is 18.8. The first-order chi connectivity index (χ1) is 14.2. The lowest BCUT2D eigenvalue weighted by Crippen LogP contribution is -2.15. The van der Waals surface area contributed by atoms with Gasteiger partial charge in [0.1, 0.15) is 0 Å². The van der Waals surface area contributed by atoms with Crippen molar-refractivity contribution in [3.63, 3.8) is 0 Å². The molecular formula is C19H9N3O8. The van der Waals surface area contributed by atoms with Crippen LogP contribution < -0.4 is 0 Å². The molecule has 0 heterocycles. The Hall–Kier alpha value is -4.54. The van der Waals surface area contributed by atoms with Crippen LogP contribution in [0, 0.1) is 30.3 Å². The lowest BCUT2D eigenvalue weighted by molar-refractivity contribution is -0.393. The lowest BCUT2D eigenvalue weighted by Gasteiger charge is -2.17. The molecule has 148 valence electrons. The topological polar surface area (TPSA) is 164 Å². The zero-order valence-electron chi connectivity index (χ0n) is 14.8. The average molecular weight is 407 g/mol. The highest BCUT2D eigenvalue weighted by Gasteiger charge is 2.41. The van der Waals surface area contributed by atoms with Gasteiger partial charge in [-0.2, -0.15) is 0 Å². The van der Waals surface area contributed by atoms with Gasteiger partial charge in [-0.05, 0) is 41.0 Å². The van der Waals surface area contributed by atoms with E-state index in [4.69, 9.17) is 0 Å². The number of nitro benzene ring substituents is 3. The Balaban J connectivity index is 2.09. The molecule has 11 nitrogen and oxygen atoms in total. The number of nitrogens with zero attached hydrogens (tertiary/aromatic N) is 3. The van der Waals surface area contributed by atoms with Crippen molar-refractivity contribution in [1.82, 2.24) is 0 Å². The summed E-state index contributed by atoms with van der Waals surface area (Å²) in [5, 5.41) is 34.2. The molecule has 0 aliphatic heterocycles. The summed E-state index contributed by atoms with van der Waals surface area (Å²) < 4.78 is 0. The standard InChI is InChI=1S/C19H9N3O8/c23-11-2-4-17(24)14(8-11)18-13-5-9(20(25)26)1-3-12(13)19-15(18)6-10(21(27)28)7-16(19)22(29)30/h1-8,18H. The minimum Gasteiger partial charge on any atom is -0.290 e. The maximum atomic E-state index is 12.5. The molecule has 30 heavy (non-hydrogen) atoms. The molecule has 0 aromatic heterocycles. The van der Waals surface area contributed by atoms with E-state index < -0.39 is 43.6 Å². The second kappa shape index (κ2) is 6.51. The van der Waals surface area contributed by atoms with Gasteiger partial charge in [0.2, 0.25) is 0 Å². The number of non-ortho nitro benzene ring substituents is 2. The second-order valence-electron chi connectivity index (χ2n) is 6.60. The fourth-order valence-electron chi connectivity index (χ4n) is 3.79. The van der Waals surface area contributed by atoms with Gasteiger partial charge in [0.05, 0.1) is 26.4 Å². The van der Waals surface area contributed by atoms with Gasteiger partial charge >= 0.3 is 0 Å². The summed E-state index contributed by atoms with van der Waals surface area (Å²) >= 11 is 0. The Labute approximate surface area is 166 Å². The van der Waals surface area contributed by atoms with Gasteiger partial charge in [0.25, 0.3) is 17.1 Å². The molecular weight excluding hydrogens is 398 g/mol. The van der Waals surface area contributed by atoms with E-state index in [9.17, 15) is 39.9 Å². The predicted molar refractivity (Wildman–Crippen MR) is 101 cm³/mol. The van der Waals surface area contributed by atoms with Crippen LogP contribution in [0.4, 0.5) is 17.1 Å². The van der Waals surface area contributed by atoms with Crippen LogP contribution in [0.25, 0.3) is 11.1 Å². The monoisotopic (exact) mass is 407 g/mol. The van der Waals surface area contributed by atoms with Crippen molar-refractivity contribution < 1.29 is 24.4 Å². The summed E-state index contributed by atoms with van der Waals surface area (Å²) in [6.45, 7) is 0. The molecule has 0 bridgehead atoms. The van der Waals surface area contributed by atoms with Crippen LogP contribution in [-0.2, 0) is 9.59 Å². The van der Waals surface area contributed by atoms with Crippen molar-refractivity contribution in [2.75, 3.05) is 0 Å². The van der Waals surface area contributed by atoms with Crippen molar-refractivity contribution in [3.8, 4) is 11.1 Å². The molecule has 0 saturated heterocycles. The van der Waals surface area contributed by atoms with Gasteiger partial charge in [-0.1, -0.05) is 0 Å². The molecule has 2 aromatic carbocycles. The minimum atomic E-state index is -1.10. The first-order valence-electron chi connectivity index (χ1n) is 8.42. The number of ketones is 2. The van der Waals surface area contributed by atoms with E-state index in [1.165, 1.54) is 6.07 Å². The summed E-state index contributed by atoms with van der Waals surface area (Å²) in [4.78, 5) is 56.4. The third-order valence-electron chi connectivity index (χ3n) is 4.97. The number of fused-ring (bicyclic) bond motifs is 3. The summed E-state index contributed by atoms with van der Waals surface area (Å²) in [6, 6.07) is 5.51. The summed E-state index contributed by atoms with van der Waals surface area (Å²) in [5.74, 6) is -2.18. The molecule has 0 amide bonds. The molecule has 0 saturated carbocycles. The van der Waals surface area contributed by atoms with Crippen molar-refractivity contribution >= 4 is 28.6 Å². The fourth-order valence-corrected chi connectivity index (χ4v) is 3.79. The van der Waals surface area contributed by atoms with Gasteiger partial charge in [-0.15, -0.1) is 0 Å². The number of rotatable bonds is 4. The largest absolute Gasteiger partial charge is 0.290 e. The maximum absolute atomic E-state index is 12.5. The lowest BCUT2D eigenvalue weighted by atomic mass is 9.84. The minimum absolute atomic E-state index is 0.0243. The van der Waals surface area contributed by atoms with E-state index in [1.54, 1.807) is 0 Å². The zero-order chi connectivity index (χ0) is 21.7. The zero-order valence-corrected chi connectivity index (χ0v) is 14.8. The highest BCUT2D eigenvalue weighted by Crippen LogP contribution is 2.54. The molecule has 2 aliphatic carbocycles. The third kappa shape index (κ3) is 2.76. The Bertz CT molecular complexity index is 1270. The van der Waals surface area contributed by atoms with Gasteiger partial charge in [-0.25, -0.2) is 0 Å². The van der Waals surface area contributed by atoms with E-state index in [-0.39, 0.29) is 33.5 Å². The van der Waals surface area contributed by atoms with E-state index in [1.807, 2.05) is 0 Å². The summed E-state index contributed by atoms with van der Waals surface area (Å²) in [7, 11) is 0. The van der Waals surface area contributed by atoms with Gasteiger partial charge in [-0.3, -0.25) is 39.9 Å². The SMILES string of the molecule is O=C1C=CC(=O)C(C2c3cc([N+](=O)[O-])ccc3-c3c2cc([N+](=O)[O-])cc3[N+](=O)[O-])=C1. The van der Waals surface area contributed by atoms with Crippen LogP contribution in [0.15, 0.2) is 54.1 Å². The number of carbonyl (C=O) groups is 2. The maximum Gasteiger partial charge on any atom is 0.284 e. The van der Waals surface area contributed by atoms with E-state index in [2.05, 4.69) is 0 Å². The highest BCUT2D eigenvalue weighted by atomic mass is 16.6. The van der Waals surface area contributed by atoms with E-state index in [0.717, 1.165) is 42.5 Å². The van der Waals surface area contributed by atoms with E-state index in [0.29, 0.717) is 0 Å². The first-order valence-corrected chi connectivity index (χ1v) is 8.42. The van der Waals surface area contributed by atoms with Crippen LogP contribution in [0.1, 0.15) is 17.0 Å². The normalized spacial score (nSPS) is 16.7. The molecule has 4 rings (SSSR count). The summed E-state index contributed by atoms with van der Waals surface area (Å²) in [5.41, 5.74) is -1.03. The fraction of sp³-hybridized carbons (Fsp3) is 0.0526. The summed E-state index contributed by atoms with van der Waals surface area (Å²) in [6.07, 6.45) is 3.11. The Morgan fingerprint density at radius 2 is 1.43 bits per heavy atom. The number of benzene rings is 2. The number of carbonyl (C=O) groups excluding carboxylic acids is 2. The molecule has 1 unspecified atom stereocenters. The molecule has 0 radical (unpaired) electrons. The number of nitro groups is 3. The smallest absolute Gasteiger partial charge is 0.284 e. The molecule has 0 fully saturated rings. The van der Waals surface area contributed by atoms with Crippen LogP contribution in [-0.4, -0.2) is 26.3 Å². The quantitative estimate of drug-likeness (QED) is 0.423. The molecule has 0 N–H and O–H groups in total. The molecule has 0 spiro atoms. The van der Waals surface area contributed by atoms with Crippen molar-refractivity contribution in [2.24, 2.45) is 0 Å². The molecule has 2 aromatic rings. The van der Waals surface area contributed by atoms with Crippen LogP contribution in [0.3, 0.4) is 0 Å². The number of allylic oxidation sites excluding steroid dienone is 4. The van der Waals surface area contributed by atoms with Gasteiger partial charge < -0.3 is 0 Å². The average Bonchev–Trinajstić information content (AvgIpc) is 3.02. The van der Waals surface area contributed by atoms with Crippen molar-refractivity contribution in [2.45, 2.75) is 5.92 Å². The van der Waals surface area contributed by atoms with E-state index >= 15 is 0 Å². The molecule has 11 heteroatoms. The predicted octanol–water partition coefficient (Wildman–Crippen LogP) is 3.16. The third-order valence-corrected chi connectivity index (χ3v) is 4.97. The van der Waals surface area contributed by atoms with Gasteiger partial charge in [0, 0.05) is 29.7 Å². The molecule has 2 aliphatic rings. The number of hydrogen-bond donors (Lipinski definition) is 0. The molecule has 1 atom stereocenters. The van der Waals surface area contributed by atoms with Crippen LogP contribution in [0.2, 0.25) is 0 Å². The number of hydrogen-bond acceptors (Lipinski definition) is 8. The van der Waals surface area contributed by atoms with Crippen LogP contribution >= 0.6 is 0 Å². The van der Waals surface area contributed by atoms with Crippen LogP contribution in [0.5, 0.6) is 0 Å². The van der Waals surface area contributed by atoms with Crippen molar-refractivity contribution in [3.05, 3.63) is 95.6 Å². The second-order valence-corrected chi connectivity index (χ2v) is 6.60. The highest BCUT2D eigenvalue weighted by molar-refractivity contribution is 6.18. The Kier molecular flexibility index (Phi) is 4.08. The Morgan fingerprint density at radius 1 is 0.767 bits per heavy atom.